The molecule has 7 nitrogen and oxygen atoms in total. The molecule has 0 radical (unpaired) electrons. The van der Waals surface area contributed by atoms with Crippen molar-refractivity contribution in [1.82, 2.24) is 5.32 Å². The number of carbonyl (C=O) groups is 1. The van der Waals surface area contributed by atoms with E-state index in [-0.39, 0.29) is 15.6 Å². The van der Waals surface area contributed by atoms with Gasteiger partial charge in [-0.2, -0.15) is 0 Å². The minimum absolute atomic E-state index is 0.0174. The Bertz CT molecular complexity index is 1270. The van der Waals surface area contributed by atoms with Crippen LogP contribution in [-0.2, 0) is 14.8 Å². The van der Waals surface area contributed by atoms with Crippen LogP contribution < -0.4 is 19.1 Å². The van der Waals surface area contributed by atoms with E-state index in [0.29, 0.717) is 11.5 Å². The maximum absolute atomic E-state index is 13.7. The second kappa shape index (κ2) is 10.8. The zero-order valence-electron chi connectivity index (χ0n) is 18.8. The number of rotatable bonds is 9. The normalized spacial score (nSPS) is 12.0. The average Bonchev–Trinajstić information content (AvgIpc) is 2.84. The van der Waals surface area contributed by atoms with Crippen LogP contribution in [0.4, 0.5) is 10.1 Å². The fourth-order valence-corrected chi connectivity index (χ4v) is 4.91. The third-order valence-electron chi connectivity index (χ3n) is 5.09. The molecule has 1 atom stereocenters. The van der Waals surface area contributed by atoms with E-state index in [2.05, 4.69) is 5.32 Å². The van der Waals surface area contributed by atoms with E-state index in [1.54, 1.807) is 43.3 Å². The zero-order valence-corrected chi connectivity index (χ0v) is 20.4. The van der Waals surface area contributed by atoms with Crippen molar-refractivity contribution in [3.63, 3.8) is 0 Å². The van der Waals surface area contributed by atoms with E-state index in [4.69, 9.17) is 21.1 Å². The van der Waals surface area contributed by atoms with Crippen molar-refractivity contribution in [1.29, 1.82) is 0 Å². The standard InChI is InChI=1S/C24H24ClFN2O5S/c1-16(17-9-12-22(32-2)23(13-17)33-3)27-24(29)15-28(18-10-11-21(26)20(25)14-18)34(30,31)19-7-5-4-6-8-19/h4-14,16H,15H2,1-3H3,(H,27,29)/t16-/m0/s1. The maximum atomic E-state index is 13.7. The molecule has 0 aromatic heterocycles. The number of benzene rings is 3. The molecule has 180 valence electrons. The third kappa shape index (κ3) is 5.60. The fraction of sp³-hybridized carbons (Fsp3) is 0.208. The van der Waals surface area contributed by atoms with Crippen LogP contribution in [-0.4, -0.2) is 35.1 Å². The second-order valence-electron chi connectivity index (χ2n) is 7.33. The SMILES string of the molecule is COc1ccc([C@H](C)NC(=O)CN(c2ccc(F)c(Cl)c2)S(=O)(=O)c2ccccc2)cc1OC. The lowest BCUT2D eigenvalue weighted by Gasteiger charge is -2.25. The highest BCUT2D eigenvalue weighted by molar-refractivity contribution is 7.92. The number of amides is 1. The second-order valence-corrected chi connectivity index (χ2v) is 9.60. The van der Waals surface area contributed by atoms with Gasteiger partial charge < -0.3 is 14.8 Å². The first-order valence-electron chi connectivity index (χ1n) is 10.2. The molecule has 3 aromatic rings. The van der Waals surface area contributed by atoms with Gasteiger partial charge in [-0.3, -0.25) is 9.10 Å². The number of carbonyl (C=O) groups excluding carboxylic acids is 1. The maximum Gasteiger partial charge on any atom is 0.264 e. The van der Waals surface area contributed by atoms with Gasteiger partial charge in [-0.05, 0) is 55.0 Å². The van der Waals surface area contributed by atoms with Crippen LogP contribution in [0.15, 0.2) is 71.6 Å². The topological polar surface area (TPSA) is 84.9 Å². The lowest BCUT2D eigenvalue weighted by atomic mass is 10.1. The molecule has 0 saturated heterocycles. The highest BCUT2D eigenvalue weighted by Crippen LogP contribution is 2.30. The Kier molecular flexibility index (Phi) is 8.01. The molecule has 0 saturated carbocycles. The number of sulfonamides is 1. The largest absolute Gasteiger partial charge is 0.493 e. The molecule has 1 N–H and O–H groups in total. The molecular formula is C24H24ClFN2O5S. The number of nitrogens with zero attached hydrogens (tertiary/aromatic N) is 1. The highest BCUT2D eigenvalue weighted by atomic mass is 35.5. The minimum atomic E-state index is -4.14. The van der Waals surface area contributed by atoms with Crippen LogP contribution in [0.3, 0.4) is 0 Å². The van der Waals surface area contributed by atoms with Crippen LogP contribution in [0.1, 0.15) is 18.5 Å². The van der Waals surface area contributed by atoms with Gasteiger partial charge in [-0.15, -0.1) is 0 Å². The first-order valence-corrected chi connectivity index (χ1v) is 12.0. The average molecular weight is 507 g/mol. The summed E-state index contributed by atoms with van der Waals surface area (Å²) in [5, 5.41) is 2.53. The lowest BCUT2D eigenvalue weighted by Crippen LogP contribution is -2.41. The first-order chi connectivity index (χ1) is 16.2. The van der Waals surface area contributed by atoms with Crippen molar-refractivity contribution in [3.8, 4) is 11.5 Å². The molecule has 34 heavy (non-hydrogen) atoms. The molecule has 0 aliphatic heterocycles. The van der Waals surface area contributed by atoms with Crippen LogP contribution in [0.2, 0.25) is 5.02 Å². The summed E-state index contributed by atoms with van der Waals surface area (Å²) in [5.74, 6) is -0.232. The molecular weight excluding hydrogens is 483 g/mol. The van der Waals surface area contributed by atoms with Crippen LogP contribution in [0, 0.1) is 5.82 Å². The summed E-state index contributed by atoms with van der Waals surface area (Å²) in [4.78, 5) is 12.9. The predicted molar refractivity (Wildman–Crippen MR) is 128 cm³/mol. The quantitative estimate of drug-likeness (QED) is 0.459. The lowest BCUT2D eigenvalue weighted by molar-refractivity contribution is -0.120. The fourth-order valence-electron chi connectivity index (χ4n) is 3.30. The van der Waals surface area contributed by atoms with Gasteiger partial charge in [0.05, 0.1) is 35.9 Å². The van der Waals surface area contributed by atoms with Gasteiger partial charge in [0.25, 0.3) is 10.0 Å². The van der Waals surface area contributed by atoms with E-state index in [0.717, 1.165) is 15.9 Å². The van der Waals surface area contributed by atoms with E-state index in [1.165, 1.54) is 38.5 Å². The monoisotopic (exact) mass is 506 g/mol. The molecule has 0 spiro atoms. The van der Waals surface area contributed by atoms with Gasteiger partial charge in [-0.25, -0.2) is 12.8 Å². The summed E-state index contributed by atoms with van der Waals surface area (Å²) in [6, 6.07) is 15.9. The molecule has 0 aliphatic rings. The molecule has 3 aromatic carbocycles. The van der Waals surface area contributed by atoms with Gasteiger partial charge in [0.1, 0.15) is 12.4 Å². The van der Waals surface area contributed by atoms with E-state index >= 15 is 0 Å². The number of ether oxygens (including phenoxy) is 2. The van der Waals surface area contributed by atoms with Gasteiger partial charge in [0, 0.05) is 0 Å². The third-order valence-corrected chi connectivity index (χ3v) is 7.17. The van der Waals surface area contributed by atoms with Crippen molar-refractivity contribution >= 4 is 33.2 Å². The first kappa shape index (κ1) is 25.3. The summed E-state index contributed by atoms with van der Waals surface area (Å²) in [5.41, 5.74) is 0.789. The Morgan fingerprint density at radius 2 is 1.71 bits per heavy atom. The molecule has 3 rings (SSSR count). The van der Waals surface area contributed by atoms with E-state index in [1.807, 2.05) is 0 Å². The summed E-state index contributed by atoms with van der Waals surface area (Å²) in [6.07, 6.45) is 0. The number of anilines is 1. The van der Waals surface area contributed by atoms with Gasteiger partial charge >= 0.3 is 0 Å². The van der Waals surface area contributed by atoms with Gasteiger partial charge in [0.2, 0.25) is 5.91 Å². The smallest absolute Gasteiger partial charge is 0.264 e. The molecule has 0 unspecified atom stereocenters. The Labute approximate surface area is 203 Å². The van der Waals surface area contributed by atoms with Gasteiger partial charge in [0.15, 0.2) is 11.5 Å². The summed E-state index contributed by atoms with van der Waals surface area (Å²) in [6.45, 7) is 1.21. The number of hydrogen-bond donors (Lipinski definition) is 1. The molecule has 10 heteroatoms. The van der Waals surface area contributed by atoms with Gasteiger partial charge in [-0.1, -0.05) is 35.9 Å². The number of hydrogen-bond acceptors (Lipinski definition) is 5. The summed E-state index contributed by atoms with van der Waals surface area (Å²) < 4.78 is 51.8. The Balaban J connectivity index is 1.89. The van der Waals surface area contributed by atoms with Crippen molar-refractivity contribution in [2.45, 2.75) is 17.9 Å². The molecule has 0 heterocycles. The van der Waals surface area contributed by atoms with E-state index in [9.17, 15) is 17.6 Å². The molecule has 0 bridgehead atoms. The highest BCUT2D eigenvalue weighted by Gasteiger charge is 2.28. The number of nitrogens with one attached hydrogen (secondary N) is 1. The van der Waals surface area contributed by atoms with Crippen LogP contribution in [0.5, 0.6) is 11.5 Å². The predicted octanol–water partition coefficient (Wildman–Crippen LogP) is 4.57. The zero-order chi connectivity index (χ0) is 24.9. The minimum Gasteiger partial charge on any atom is -0.493 e. The molecule has 1 amide bonds. The molecule has 0 aliphatic carbocycles. The molecule has 0 fully saturated rings. The Morgan fingerprint density at radius 1 is 1.03 bits per heavy atom. The van der Waals surface area contributed by atoms with Crippen LogP contribution >= 0.6 is 11.6 Å². The van der Waals surface area contributed by atoms with Crippen molar-refractivity contribution in [2.24, 2.45) is 0 Å². The van der Waals surface area contributed by atoms with E-state index < -0.39 is 34.3 Å². The van der Waals surface area contributed by atoms with Crippen molar-refractivity contribution < 1.29 is 27.1 Å². The number of halogens is 2. The van der Waals surface area contributed by atoms with Crippen molar-refractivity contribution in [2.75, 3.05) is 25.1 Å². The van der Waals surface area contributed by atoms with Crippen LogP contribution in [0.25, 0.3) is 0 Å². The van der Waals surface area contributed by atoms with Crippen molar-refractivity contribution in [3.05, 3.63) is 83.1 Å². The number of methoxy groups -OCH3 is 2. The summed E-state index contributed by atoms with van der Waals surface area (Å²) >= 11 is 5.89. The Morgan fingerprint density at radius 3 is 2.32 bits per heavy atom. The Hall–Kier alpha value is -3.30. The summed E-state index contributed by atoms with van der Waals surface area (Å²) in [7, 11) is -1.12.